The maximum atomic E-state index is 12.9. The number of fused-ring (bicyclic) bond motifs is 1. The molecule has 1 saturated heterocycles. The fraction of sp³-hybridized carbons (Fsp3) is 0.273. The molecular weight excluding hydrogens is 380 g/mol. The second kappa shape index (κ2) is 7.72. The van der Waals surface area contributed by atoms with E-state index in [0.717, 1.165) is 48.1 Å². The van der Waals surface area contributed by atoms with Crippen molar-refractivity contribution in [1.82, 2.24) is 30.1 Å². The van der Waals surface area contributed by atoms with E-state index < -0.39 is 0 Å². The van der Waals surface area contributed by atoms with Gasteiger partial charge in [0.05, 0.1) is 17.4 Å². The Kier molecular flexibility index (Phi) is 4.76. The molecule has 5 rings (SSSR count). The van der Waals surface area contributed by atoms with E-state index in [-0.39, 0.29) is 12.1 Å². The minimum absolute atomic E-state index is 0.00429. The largest absolute Gasteiger partial charge is 0.362 e. The lowest BCUT2D eigenvalue weighted by Crippen LogP contribution is -2.44. The summed E-state index contributed by atoms with van der Waals surface area (Å²) < 4.78 is 7.17. The minimum atomic E-state index is -0.146. The molecule has 8 heteroatoms. The lowest BCUT2D eigenvalue weighted by atomic mass is 10.1. The van der Waals surface area contributed by atoms with Gasteiger partial charge in [-0.2, -0.15) is 5.10 Å². The Morgan fingerprint density at radius 3 is 2.80 bits per heavy atom. The van der Waals surface area contributed by atoms with Crippen molar-refractivity contribution in [3.8, 4) is 17.1 Å². The van der Waals surface area contributed by atoms with Crippen molar-refractivity contribution in [2.75, 3.05) is 13.7 Å². The molecule has 1 fully saturated rings. The lowest BCUT2D eigenvalue weighted by molar-refractivity contribution is -0.0397. The summed E-state index contributed by atoms with van der Waals surface area (Å²) in [6, 6.07) is 15.3. The molecule has 2 aromatic carbocycles. The Labute approximate surface area is 173 Å². The third-order valence-corrected chi connectivity index (χ3v) is 5.57. The predicted molar refractivity (Wildman–Crippen MR) is 112 cm³/mol. The van der Waals surface area contributed by atoms with Crippen LogP contribution in [0.4, 0.5) is 0 Å². The van der Waals surface area contributed by atoms with E-state index in [4.69, 9.17) is 4.74 Å². The fourth-order valence-electron chi connectivity index (χ4n) is 3.96. The third kappa shape index (κ3) is 3.25. The number of aromatic nitrogens is 5. The molecule has 0 aliphatic carbocycles. The van der Waals surface area contributed by atoms with Crippen LogP contribution in [0.3, 0.4) is 0 Å². The van der Waals surface area contributed by atoms with Gasteiger partial charge in [-0.3, -0.25) is 9.89 Å². The van der Waals surface area contributed by atoms with Gasteiger partial charge in [0.15, 0.2) is 0 Å². The summed E-state index contributed by atoms with van der Waals surface area (Å²) in [5, 5.41) is 16.9. The van der Waals surface area contributed by atoms with Gasteiger partial charge in [-0.1, -0.05) is 23.4 Å². The van der Waals surface area contributed by atoms with E-state index in [1.165, 1.54) is 0 Å². The van der Waals surface area contributed by atoms with Crippen molar-refractivity contribution >= 4 is 16.8 Å². The Hall–Kier alpha value is -3.52. The number of nitrogens with one attached hydrogen (secondary N) is 1. The summed E-state index contributed by atoms with van der Waals surface area (Å²) in [7, 11) is 1.66. The van der Waals surface area contributed by atoms with Crippen molar-refractivity contribution in [1.29, 1.82) is 0 Å². The second-order valence-electron chi connectivity index (χ2n) is 7.40. The van der Waals surface area contributed by atoms with Crippen molar-refractivity contribution in [2.24, 2.45) is 0 Å². The van der Waals surface area contributed by atoms with Crippen LogP contribution in [0.25, 0.3) is 28.0 Å². The molecule has 0 spiro atoms. The first-order valence-corrected chi connectivity index (χ1v) is 10.0. The molecule has 152 valence electrons. The molecule has 0 bridgehead atoms. The van der Waals surface area contributed by atoms with Gasteiger partial charge in [-0.15, -0.1) is 5.10 Å². The van der Waals surface area contributed by atoms with Gasteiger partial charge in [-0.25, -0.2) is 4.68 Å². The molecule has 1 amide bonds. The Bertz CT molecular complexity index is 1180. The fourth-order valence-corrected chi connectivity index (χ4v) is 3.96. The number of methoxy groups -OCH3 is 1. The molecule has 1 aliphatic heterocycles. The number of hydrogen-bond acceptors (Lipinski definition) is 5. The van der Waals surface area contributed by atoms with Crippen LogP contribution in [-0.2, 0) is 4.74 Å². The maximum absolute atomic E-state index is 12.9. The van der Waals surface area contributed by atoms with E-state index >= 15 is 0 Å². The van der Waals surface area contributed by atoms with Crippen molar-refractivity contribution in [3.05, 3.63) is 60.3 Å². The first-order valence-electron chi connectivity index (χ1n) is 10.0. The van der Waals surface area contributed by atoms with Crippen LogP contribution >= 0.6 is 0 Å². The van der Waals surface area contributed by atoms with Crippen LogP contribution in [0, 0.1) is 0 Å². The maximum Gasteiger partial charge on any atom is 0.255 e. The molecule has 3 heterocycles. The number of hydrogen-bond donors (Lipinski definition) is 1. The standard InChI is InChI=1S/C22H22N6O2/c1-30-20-8-4-5-13-27(20)22(29)15-9-11-16(12-10-15)28-14-19(24-26-28)21-17-6-2-3-7-18(17)23-25-21/h2-3,6-7,9-12,14,20H,4-5,8,13H2,1H3,(H,23,25). The summed E-state index contributed by atoms with van der Waals surface area (Å²) in [5.74, 6) is -0.00429. The van der Waals surface area contributed by atoms with Gasteiger partial charge in [0.2, 0.25) is 0 Å². The SMILES string of the molecule is COC1CCCCN1C(=O)c1ccc(-n2cc(-c3n[nH]c4ccccc34)nn2)cc1. The third-order valence-electron chi connectivity index (χ3n) is 5.57. The van der Waals surface area contributed by atoms with Crippen molar-refractivity contribution < 1.29 is 9.53 Å². The molecule has 2 aromatic heterocycles. The molecule has 0 saturated carbocycles. The first-order chi connectivity index (χ1) is 14.7. The summed E-state index contributed by atoms with van der Waals surface area (Å²) in [6.07, 6.45) is 4.66. The molecular formula is C22H22N6O2. The minimum Gasteiger partial charge on any atom is -0.362 e. The number of amides is 1. The highest BCUT2D eigenvalue weighted by Crippen LogP contribution is 2.25. The number of para-hydroxylation sites is 1. The summed E-state index contributed by atoms with van der Waals surface area (Å²) >= 11 is 0. The topological polar surface area (TPSA) is 88.9 Å². The van der Waals surface area contributed by atoms with Crippen molar-refractivity contribution in [2.45, 2.75) is 25.5 Å². The van der Waals surface area contributed by atoms with Gasteiger partial charge in [-0.05, 0) is 49.6 Å². The number of nitrogens with zero attached hydrogens (tertiary/aromatic N) is 5. The van der Waals surface area contributed by atoms with E-state index in [1.807, 2.05) is 59.6 Å². The Morgan fingerprint density at radius 1 is 1.13 bits per heavy atom. The van der Waals surface area contributed by atoms with Gasteiger partial charge in [0.1, 0.15) is 17.6 Å². The summed E-state index contributed by atoms with van der Waals surface area (Å²) in [6.45, 7) is 0.725. The van der Waals surface area contributed by atoms with Crippen LogP contribution in [0.2, 0.25) is 0 Å². The zero-order valence-electron chi connectivity index (χ0n) is 16.7. The molecule has 8 nitrogen and oxygen atoms in total. The molecule has 1 atom stereocenters. The van der Waals surface area contributed by atoms with Gasteiger partial charge < -0.3 is 9.64 Å². The number of aromatic amines is 1. The number of H-pyrrole nitrogens is 1. The van der Waals surface area contributed by atoms with Gasteiger partial charge in [0, 0.05) is 24.6 Å². The molecule has 4 aromatic rings. The van der Waals surface area contributed by atoms with E-state index in [0.29, 0.717) is 11.3 Å². The summed E-state index contributed by atoms with van der Waals surface area (Å²) in [5.41, 5.74) is 3.87. The predicted octanol–water partition coefficient (Wildman–Crippen LogP) is 3.41. The molecule has 0 radical (unpaired) electrons. The van der Waals surface area contributed by atoms with Crippen LogP contribution in [0.15, 0.2) is 54.7 Å². The van der Waals surface area contributed by atoms with E-state index in [9.17, 15) is 4.79 Å². The zero-order valence-corrected chi connectivity index (χ0v) is 16.7. The molecule has 1 unspecified atom stereocenters. The monoisotopic (exact) mass is 402 g/mol. The number of benzene rings is 2. The van der Waals surface area contributed by atoms with E-state index in [1.54, 1.807) is 11.8 Å². The van der Waals surface area contributed by atoms with Crippen LogP contribution in [-0.4, -0.2) is 55.9 Å². The Morgan fingerprint density at radius 2 is 1.97 bits per heavy atom. The molecule has 1 N–H and O–H groups in total. The smallest absolute Gasteiger partial charge is 0.255 e. The van der Waals surface area contributed by atoms with Gasteiger partial charge >= 0.3 is 0 Å². The average Bonchev–Trinajstić information content (AvgIpc) is 3.46. The van der Waals surface area contributed by atoms with Crippen LogP contribution < -0.4 is 0 Å². The number of carbonyl (C=O) groups is 1. The average molecular weight is 402 g/mol. The summed E-state index contributed by atoms with van der Waals surface area (Å²) in [4.78, 5) is 14.7. The highest BCUT2D eigenvalue weighted by Gasteiger charge is 2.27. The van der Waals surface area contributed by atoms with Crippen molar-refractivity contribution in [3.63, 3.8) is 0 Å². The van der Waals surface area contributed by atoms with Crippen LogP contribution in [0.1, 0.15) is 29.6 Å². The number of likely N-dealkylation sites (tertiary alicyclic amines) is 1. The molecule has 30 heavy (non-hydrogen) atoms. The van der Waals surface area contributed by atoms with Crippen LogP contribution in [0.5, 0.6) is 0 Å². The number of rotatable bonds is 4. The number of ether oxygens (including phenoxy) is 1. The normalized spacial score (nSPS) is 16.8. The lowest BCUT2D eigenvalue weighted by Gasteiger charge is -2.34. The number of carbonyl (C=O) groups excluding carboxylic acids is 1. The highest BCUT2D eigenvalue weighted by atomic mass is 16.5. The molecule has 1 aliphatic rings. The Balaban J connectivity index is 1.38. The number of piperidine rings is 1. The quantitative estimate of drug-likeness (QED) is 0.565. The highest BCUT2D eigenvalue weighted by molar-refractivity contribution is 5.94. The first kappa shape index (κ1) is 18.5. The second-order valence-corrected chi connectivity index (χ2v) is 7.40. The zero-order chi connectivity index (χ0) is 20.5. The van der Waals surface area contributed by atoms with E-state index in [2.05, 4.69) is 20.5 Å². The van der Waals surface area contributed by atoms with Gasteiger partial charge in [0.25, 0.3) is 5.91 Å².